The highest BCUT2D eigenvalue weighted by Crippen LogP contribution is 2.23. The molecule has 8 heteroatoms. The van der Waals surface area contributed by atoms with E-state index in [-0.39, 0.29) is 6.61 Å². The maximum atomic E-state index is 13.4. The van der Waals surface area contributed by atoms with E-state index in [0.717, 1.165) is 11.1 Å². The Bertz CT molecular complexity index is 1210. The number of rotatable bonds is 8. The number of carbonyl (C=O) groups excluding carboxylic acids is 3. The van der Waals surface area contributed by atoms with Crippen LogP contribution >= 0.6 is 0 Å². The van der Waals surface area contributed by atoms with Crippen molar-refractivity contribution in [3.63, 3.8) is 0 Å². The van der Waals surface area contributed by atoms with Gasteiger partial charge in [-0.2, -0.15) is 0 Å². The third-order valence-corrected chi connectivity index (χ3v) is 6.31. The highest BCUT2D eigenvalue weighted by molar-refractivity contribution is 5.99. The van der Waals surface area contributed by atoms with Gasteiger partial charge in [-0.25, -0.2) is 4.79 Å². The van der Waals surface area contributed by atoms with Gasteiger partial charge in [0, 0.05) is 12.2 Å². The molecule has 8 nitrogen and oxygen atoms in total. The van der Waals surface area contributed by atoms with E-state index in [1.54, 1.807) is 31.4 Å². The van der Waals surface area contributed by atoms with Crippen molar-refractivity contribution >= 4 is 23.6 Å². The van der Waals surface area contributed by atoms with Crippen molar-refractivity contribution in [1.29, 1.82) is 0 Å². The molecule has 1 fully saturated rings. The van der Waals surface area contributed by atoms with E-state index in [2.05, 4.69) is 10.6 Å². The molecule has 0 aromatic heterocycles. The number of aryl methyl sites for hydroxylation is 1. The van der Waals surface area contributed by atoms with Crippen LogP contribution in [0.15, 0.2) is 78.9 Å². The number of methoxy groups -OCH3 is 1. The quantitative estimate of drug-likeness (QED) is 0.470. The lowest BCUT2D eigenvalue weighted by Crippen LogP contribution is -2.48. The number of ether oxygens (including phenoxy) is 2. The number of amides is 3. The summed E-state index contributed by atoms with van der Waals surface area (Å²) in [5.41, 5.74) is 3.11. The topological polar surface area (TPSA) is 97.0 Å². The molecule has 0 aliphatic carbocycles. The molecule has 4 rings (SSSR count). The lowest BCUT2D eigenvalue weighted by atomic mass is 10.0. The number of nitrogens with one attached hydrogen (secondary N) is 2. The van der Waals surface area contributed by atoms with Gasteiger partial charge in [-0.15, -0.1) is 0 Å². The minimum absolute atomic E-state index is 0.126. The molecule has 0 radical (unpaired) electrons. The SMILES string of the molecule is COc1ccc(NC(=O)[C@H](NC(=O)[C@@H]2CCCN2C(=O)OCc2ccccc2)c2ccc(C)cc2)cc1. The van der Waals surface area contributed by atoms with Gasteiger partial charge in [-0.1, -0.05) is 60.2 Å². The van der Waals surface area contributed by atoms with Crippen LogP contribution in [0.3, 0.4) is 0 Å². The molecule has 0 spiro atoms. The Hall–Kier alpha value is -4.33. The predicted octanol–water partition coefficient (Wildman–Crippen LogP) is 4.60. The van der Waals surface area contributed by atoms with Gasteiger partial charge in [0.25, 0.3) is 5.91 Å². The first kappa shape index (κ1) is 25.8. The van der Waals surface area contributed by atoms with E-state index in [9.17, 15) is 14.4 Å². The van der Waals surface area contributed by atoms with Crippen molar-refractivity contribution in [2.24, 2.45) is 0 Å². The van der Waals surface area contributed by atoms with Gasteiger partial charge in [0.2, 0.25) is 5.91 Å². The van der Waals surface area contributed by atoms with Crippen LogP contribution < -0.4 is 15.4 Å². The van der Waals surface area contributed by atoms with Crippen LogP contribution in [-0.2, 0) is 20.9 Å². The standard InChI is InChI=1S/C29H31N3O5/c1-20-10-12-22(13-11-20)26(28(34)30-23-14-16-24(36-2)17-15-23)31-27(33)25-9-6-18-32(25)29(35)37-19-21-7-4-3-5-8-21/h3-5,7-8,10-17,25-26H,6,9,18-19H2,1-2H3,(H,30,34)(H,31,33)/t25-,26+/m0/s1. The van der Waals surface area contributed by atoms with Crippen LogP contribution in [0.2, 0.25) is 0 Å². The van der Waals surface area contributed by atoms with Gasteiger partial charge in [0.15, 0.2) is 0 Å². The first-order valence-electron chi connectivity index (χ1n) is 12.2. The molecule has 3 amide bonds. The molecule has 192 valence electrons. The summed E-state index contributed by atoms with van der Waals surface area (Å²) in [7, 11) is 1.57. The van der Waals surface area contributed by atoms with Gasteiger partial charge < -0.3 is 20.1 Å². The monoisotopic (exact) mass is 501 g/mol. The number of hydrogen-bond acceptors (Lipinski definition) is 5. The van der Waals surface area contributed by atoms with Crippen LogP contribution in [-0.4, -0.2) is 42.5 Å². The summed E-state index contributed by atoms with van der Waals surface area (Å²) in [6.45, 7) is 2.49. The summed E-state index contributed by atoms with van der Waals surface area (Å²) >= 11 is 0. The van der Waals surface area contributed by atoms with Crippen LogP contribution in [0.4, 0.5) is 10.5 Å². The van der Waals surface area contributed by atoms with Crippen molar-refractivity contribution in [1.82, 2.24) is 10.2 Å². The number of nitrogens with zero attached hydrogens (tertiary/aromatic N) is 1. The zero-order valence-corrected chi connectivity index (χ0v) is 21.0. The minimum Gasteiger partial charge on any atom is -0.497 e. The van der Waals surface area contributed by atoms with Crippen LogP contribution in [0, 0.1) is 6.92 Å². The fourth-order valence-corrected chi connectivity index (χ4v) is 4.25. The zero-order valence-electron chi connectivity index (χ0n) is 21.0. The maximum Gasteiger partial charge on any atom is 0.410 e. The van der Waals surface area contributed by atoms with E-state index in [0.29, 0.717) is 36.4 Å². The summed E-state index contributed by atoms with van der Waals surface area (Å²) < 4.78 is 10.6. The fourth-order valence-electron chi connectivity index (χ4n) is 4.25. The Morgan fingerprint density at radius 2 is 1.68 bits per heavy atom. The molecule has 1 aliphatic rings. The smallest absolute Gasteiger partial charge is 0.410 e. The van der Waals surface area contributed by atoms with Gasteiger partial charge in [0.05, 0.1) is 7.11 Å². The van der Waals surface area contributed by atoms with E-state index in [1.165, 1.54) is 4.90 Å². The largest absolute Gasteiger partial charge is 0.497 e. The van der Waals surface area contributed by atoms with E-state index < -0.39 is 30.0 Å². The number of benzene rings is 3. The first-order valence-corrected chi connectivity index (χ1v) is 12.2. The summed E-state index contributed by atoms with van der Waals surface area (Å²) in [6.07, 6.45) is 0.620. The molecular formula is C29H31N3O5. The average molecular weight is 502 g/mol. The average Bonchev–Trinajstić information content (AvgIpc) is 3.42. The van der Waals surface area contributed by atoms with E-state index in [4.69, 9.17) is 9.47 Å². The van der Waals surface area contributed by atoms with Crippen molar-refractivity contribution in [2.75, 3.05) is 19.0 Å². The number of anilines is 1. The third-order valence-electron chi connectivity index (χ3n) is 6.31. The minimum atomic E-state index is -0.946. The summed E-state index contributed by atoms with van der Waals surface area (Å²) in [6, 6.07) is 22.1. The lowest BCUT2D eigenvalue weighted by molar-refractivity contribution is -0.129. The normalized spacial score (nSPS) is 15.5. The van der Waals surface area contributed by atoms with Crippen molar-refractivity contribution < 1.29 is 23.9 Å². The Morgan fingerprint density at radius 1 is 0.973 bits per heavy atom. The third kappa shape index (κ3) is 6.67. The molecule has 0 bridgehead atoms. The summed E-state index contributed by atoms with van der Waals surface area (Å²) in [4.78, 5) is 40.9. The molecule has 2 N–H and O–H groups in total. The number of likely N-dealkylation sites (tertiary alicyclic amines) is 1. The fraction of sp³-hybridized carbons (Fsp3) is 0.276. The molecule has 37 heavy (non-hydrogen) atoms. The van der Waals surface area contributed by atoms with Crippen LogP contribution in [0.1, 0.15) is 35.6 Å². The van der Waals surface area contributed by atoms with Crippen molar-refractivity contribution in [2.45, 2.75) is 38.5 Å². The molecule has 1 aliphatic heterocycles. The second-order valence-electron chi connectivity index (χ2n) is 8.96. The van der Waals surface area contributed by atoms with Crippen LogP contribution in [0.25, 0.3) is 0 Å². The highest BCUT2D eigenvalue weighted by Gasteiger charge is 2.37. The van der Waals surface area contributed by atoms with Crippen LogP contribution in [0.5, 0.6) is 5.75 Å². The summed E-state index contributed by atoms with van der Waals surface area (Å²) in [5.74, 6) is -0.120. The second-order valence-corrected chi connectivity index (χ2v) is 8.96. The second kappa shape index (κ2) is 12.1. The molecule has 1 saturated heterocycles. The lowest BCUT2D eigenvalue weighted by Gasteiger charge is -2.26. The Morgan fingerprint density at radius 3 is 2.35 bits per heavy atom. The number of hydrogen-bond donors (Lipinski definition) is 2. The number of carbonyl (C=O) groups is 3. The molecule has 3 aromatic carbocycles. The Balaban J connectivity index is 1.46. The highest BCUT2D eigenvalue weighted by atomic mass is 16.6. The molecule has 0 saturated carbocycles. The van der Waals surface area contributed by atoms with Gasteiger partial charge in [0.1, 0.15) is 24.4 Å². The summed E-state index contributed by atoms with van der Waals surface area (Å²) in [5, 5.41) is 5.73. The van der Waals surface area contributed by atoms with E-state index >= 15 is 0 Å². The molecular weight excluding hydrogens is 470 g/mol. The predicted molar refractivity (Wildman–Crippen MR) is 140 cm³/mol. The molecule has 3 aromatic rings. The van der Waals surface area contributed by atoms with Gasteiger partial charge in [-0.3, -0.25) is 14.5 Å². The van der Waals surface area contributed by atoms with Crippen molar-refractivity contribution in [3.8, 4) is 5.75 Å². The zero-order chi connectivity index (χ0) is 26.2. The van der Waals surface area contributed by atoms with Gasteiger partial charge in [-0.05, 0) is 55.2 Å². The molecule has 0 unspecified atom stereocenters. The van der Waals surface area contributed by atoms with E-state index in [1.807, 2.05) is 61.5 Å². The van der Waals surface area contributed by atoms with Gasteiger partial charge >= 0.3 is 6.09 Å². The molecule has 2 atom stereocenters. The first-order chi connectivity index (χ1) is 17.9. The Labute approximate surface area is 216 Å². The Kier molecular flexibility index (Phi) is 8.40. The maximum absolute atomic E-state index is 13.4. The molecule has 1 heterocycles. The van der Waals surface area contributed by atoms with Crippen molar-refractivity contribution in [3.05, 3.63) is 95.6 Å².